The first-order chi connectivity index (χ1) is 7.70. The van der Waals surface area contributed by atoms with Gasteiger partial charge in [0.2, 0.25) is 0 Å². The van der Waals surface area contributed by atoms with Crippen molar-refractivity contribution in [2.24, 2.45) is 0 Å². The molecule has 2 aromatic rings. The summed E-state index contributed by atoms with van der Waals surface area (Å²) in [5.74, 6) is -0.289. The average molecular weight is 216 g/mol. The highest BCUT2D eigenvalue weighted by Gasteiger charge is 2.05. The number of rotatable bonds is 2. The third kappa shape index (κ3) is 1.93. The Hall–Kier alpha value is -2.16. The minimum atomic E-state index is -0.440. The number of halogens is 1. The second-order valence-corrected chi connectivity index (χ2v) is 3.40. The molecule has 2 nitrogen and oxygen atoms in total. The number of hydrogen-bond acceptors (Lipinski definition) is 2. The summed E-state index contributed by atoms with van der Waals surface area (Å²) in [6.45, 7) is 0. The van der Waals surface area contributed by atoms with Crippen LogP contribution in [-0.2, 0) is 0 Å². The molecule has 0 saturated heterocycles. The van der Waals surface area contributed by atoms with E-state index in [1.807, 2.05) is 0 Å². The van der Waals surface area contributed by atoms with Gasteiger partial charge in [-0.3, -0.25) is 4.79 Å². The fourth-order valence-corrected chi connectivity index (χ4v) is 1.53. The second kappa shape index (κ2) is 4.14. The molecule has 0 unspecified atom stereocenters. The molecule has 0 saturated carbocycles. The van der Waals surface area contributed by atoms with Crippen molar-refractivity contribution < 1.29 is 14.3 Å². The van der Waals surface area contributed by atoms with Gasteiger partial charge in [0.25, 0.3) is 0 Å². The van der Waals surface area contributed by atoms with E-state index in [0.29, 0.717) is 17.4 Å². The smallest absolute Gasteiger partial charge is 0.150 e. The van der Waals surface area contributed by atoms with Crippen molar-refractivity contribution in [1.82, 2.24) is 0 Å². The molecule has 0 radical (unpaired) electrons. The van der Waals surface area contributed by atoms with Crippen LogP contribution in [0.25, 0.3) is 11.1 Å². The molecular weight excluding hydrogens is 207 g/mol. The number of hydrogen-bond donors (Lipinski definition) is 1. The van der Waals surface area contributed by atoms with Crippen molar-refractivity contribution >= 4 is 6.29 Å². The molecule has 0 aliphatic heterocycles. The SMILES string of the molecule is O=Cc1cc(F)ccc1-c1ccc(O)cc1. The third-order valence-corrected chi connectivity index (χ3v) is 2.32. The number of phenolic OH excluding ortho intramolecular Hbond substituents is 1. The zero-order chi connectivity index (χ0) is 11.5. The molecular formula is C13H9FO2. The molecule has 0 spiro atoms. The van der Waals surface area contributed by atoms with Crippen LogP contribution in [-0.4, -0.2) is 11.4 Å². The zero-order valence-electron chi connectivity index (χ0n) is 8.35. The van der Waals surface area contributed by atoms with E-state index in [1.54, 1.807) is 18.2 Å². The van der Waals surface area contributed by atoms with E-state index in [-0.39, 0.29) is 5.75 Å². The summed E-state index contributed by atoms with van der Waals surface area (Å²) in [7, 11) is 0. The highest BCUT2D eigenvalue weighted by atomic mass is 19.1. The van der Waals surface area contributed by atoms with Gasteiger partial charge in [-0.25, -0.2) is 4.39 Å². The molecule has 0 fully saturated rings. The van der Waals surface area contributed by atoms with E-state index >= 15 is 0 Å². The van der Waals surface area contributed by atoms with Gasteiger partial charge < -0.3 is 5.11 Å². The molecule has 0 aliphatic carbocycles. The Kier molecular flexibility index (Phi) is 2.68. The highest BCUT2D eigenvalue weighted by molar-refractivity contribution is 5.87. The van der Waals surface area contributed by atoms with Gasteiger partial charge in [0.05, 0.1) is 0 Å². The normalized spacial score (nSPS) is 10.1. The van der Waals surface area contributed by atoms with Gasteiger partial charge in [-0.05, 0) is 35.4 Å². The Morgan fingerprint density at radius 1 is 1.06 bits per heavy atom. The Labute approximate surface area is 92.0 Å². The van der Waals surface area contributed by atoms with Crippen LogP contribution >= 0.6 is 0 Å². The molecule has 2 rings (SSSR count). The van der Waals surface area contributed by atoms with E-state index in [9.17, 15) is 9.18 Å². The van der Waals surface area contributed by atoms with E-state index in [0.717, 1.165) is 5.56 Å². The van der Waals surface area contributed by atoms with Crippen LogP contribution in [0, 0.1) is 5.82 Å². The first kappa shape index (κ1) is 10.4. The molecule has 1 N–H and O–H groups in total. The first-order valence-electron chi connectivity index (χ1n) is 4.75. The predicted octanol–water partition coefficient (Wildman–Crippen LogP) is 3.01. The number of phenols is 1. The number of aromatic hydroxyl groups is 1. The van der Waals surface area contributed by atoms with Crippen molar-refractivity contribution in [3.05, 3.63) is 53.8 Å². The lowest BCUT2D eigenvalue weighted by molar-refractivity contribution is 0.112. The van der Waals surface area contributed by atoms with Gasteiger partial charge in [0, 0.05) is 5.56 Å². The maximum atomic E-state index is 12.9. The van der Waals surface area contributed by atoms with Crippen molar-refractivity contribution in [3.8, 4) is 16.9 Å². The van der Waals surface area contributed by atoms with E-state index in [2.05, 4.69) is 0 Å². The van der Waals surface area contributed by atoms with Crippen LogP contribution in [0.5, 0.6) is 5.75 Å². The Bertz CT molecular complexity index is 518. The predicted molar refractivity (Wildman–Crippen MR) is 58.9 cm³/mol. The summed E-state index contributed by atoms with van der Waals surface area (Å²) in [6, 6.07) is 10.4. The minimum absolute atomic E-state index is 0.151. The average Bonchev–Trinajstić information content (AvgIpc) is 2.30. The molecule has 2 aromatic carbocycles. The molecule has 0 aliphatic rings. The van der Waals surface area contributed by atoms with Gasteiger partial charge in [0.15, 0.2) is 6.29 Å². The molecule has 0 aromatic heterocycles. The molecule has 0 heterocycles. The summed E-state index contributed by atoms with van der Waals surface area (Å²) >= 11 is 0. The maximum absolute atomic E-state index is 12.9. The Balaban J connectivity index is 2.55. The lowest BCUT2D eigenvalue weighted by Gasteiger charge is -2.05. The maximum Gasteiger partial charge on any atom is 0.150 e. The zero-order valence-corrected chi connectivity index (χ0v) is 8.35. The minimum Gasteiger partial charge on any atom is -0.508 e. The highest BCUT2D eigenvalue weighted by Crippen LogP contribution is 2.25. The van der Waals surface area contributed by atoms with Gasteiger partial charge >= 0.3 is 0 Å². The topological polar surface area (TPSA) is 37.3 Å². The standard InChI is InChI=1S/C13H9FO2/c14-11-3-6-13(10(7-11)8-15)9-1-4-12(16)5-2-9/h1-8,16H. The third-order valence-electron chi connectivity index (χ3n) is 2.32. The number of carbonyl (C=O) groups excluding carboxylic acids is 1. The van der Waals surface area contributed by atoms with Gasteiger partial charge in [-0.1, -0.05) is 18.2 Å². The van der Waals surface area contributed by atoms with Gasteiger partial charge in [0.1, 0.15) is 11.6 Å². The summed E-state index contributed by atoms with van der Waals surface area (Å²) < 4.78 is 12.9. The molecule has 16 heavy (non-hydrogen) atoms. The first-order valence-corrected chi connectivity index (χ1v) is 4.75. The van der Waals surface area contributed by atoms with Gasteiger partial charge in [-0.15, -0.1) is 0 Å². The quantitative estimate of drug-likeness (QED) is 0.783. The molecule has 0 bridgehead atoms. The van der Waals surface area contributed by atoms with E-state index < -0.39 is 5.82 Å². The summed E-state index contributed by atoms with van der Waals surface area (Å²) in [5.41, 5.74) is 1.71. The number of carbonyl (C=O) groups is 1. The molecule has 0 atom stereocenters. The monoisotopic (exact) mass is 216 g/mol. The van der Waals surface area contributed by atoms with Crippen molar-refractivity contribution in [2.75, 3.05) is 0 Å². The number of aldehydes is 1. The van der Waals surface area contributed by atoms with Gasteiger partial charge in [-0.2, -0.15) is 0 Å². The molecule has 80 valence electrons. The Morgan fingerprint density at radius 2 is 1.75 bits per heavy atom. The van der Waals surface area contributed by atoms with Crippen LogP contribution in [0.2, 0.25) is 0 Å². The van der Waals surface area contributed by atoms with Crippen LogP contribution < -0.4 is 0 Å². The summed E-state index contributed by atoms with van der Waals surface area (Å²) in [5, 5.41) is 9.14. The lowest BCUT2D eigenvalue weighted by Crippen LogP contribution is -1.88. The van der Waals surface area contributed by atoms with Crippen LogP contribution in [0.15, 0.2) is 42.5 Å². The second-order valence-electron chi connectivity index (χ2n) is 3.40. The van der Waals surface area contributed by atoms with E-state index in [4.69, 9.17) is 5.11 Å². The van der Waals surface area contributed by atoms with Crippen molar-refractivity contribution in [1.29, 1.82) is 0 Å². The largest absolute Gasteiger partial charge is 0.508 e. The van der Waals surface area contributed by atoms with Crippen LogP contribution in [0.3, 0.4) is 0 Å². The molecule has 0 amide bonds. The molecule has 3 heteroatoms. The van der Waals surface area contributed by atoms with Crippen molar-refractivity contribution in [2.45, 2.75) is 0 Å². The lowest BCUT2D eigenvalue weighted by atomic mass is 10.0. The van der Waals surface area contributed by atoms with Crippen LogP contribution in [0.4, 0.5) is 4.39 Å². The fourth-order valence-electron chi connectivity index (χ4n) is 1.53. The van der Waals surface area contributed by atoms with E-state index in [1.165, 1.54) is 24.3 Å². The van der Waals surface area contributed by atoms with Crippen LogP contribution in [0.1, 0.15) is 10.4 Å². The summed E-state index contributed by atoms with van der Waals surface area (Å²) in [6.07, 6.45) is 0.616. The van der Waals surface area contributed by atoms with Crippen molar-refractivity contribution in [3.63, 3.8) is 0 Å². The number of benzene rings is 2. The Morgan fingerprint density at radius 3 is 2.38 bits per heavy atom. The summed E-state index contributed by atoms with van der Waals surface area (Å²) in [4.78, 5) is 10.8. The fraction of sp³-hybridized carbons (Fsp3) is 0.